The summed E-state index contributed by atoms with van der Waals surface area (Å²) < 4.78 is 5.55. The zero-order valence-corrected chi connectivity index (χ0v) is 12.9. The number of aliphatic hydroxyl groups is 1. The molecule has 0 radical (unpaired) electrons. The van der Waals surface area contributed by atoms with Crippen LogP contribution in [0.5, 0.6) is 5.75 Å². The molecule has 4 nitrogen and oxygen atoms in total. The van der Waals surface area contributed by atoms with Crippen molar-refractivity contribution in [2.45, 2.75) is 58.1 Å². The predicted molar refractivity (Wildman–Crippen MR) is 82.3 cm³/mol. The lowest BCUT2D eigenvalue weighted by Gasteiger charge is -2.22. The van der Waals surface area contributed by atoms with Crippen molar-refractivity contribution in [1.82, 2.24) is 5.32 Å². The number of fused-ring (bicyclic) bond motifs is 1. The van der Waals surface area contributed by atoms with Crippen LogP contribution in [0.15, 0.2) is 18.2 Å². The summed E-state index contributed by atoms with van der Waals surface area (Å²) in [5, 5.41) is 13.0. The van der Waals surface area contributed by atoms with E-state index in [0.717, 1.165) is 37.7 Å². The first-order valence-corrected chi connectivity index (χ1v) is 7.87. The Morgan fingerprint density at radius 2 is 2.19 bits per heavy atom. The van der Waals surface area contributed by atoms with Crippen LogP contribution < -0.4 is 10.1 Å². The highest BCUT2D eigenvalue weighted by Crippen LogP contribution is 2.32. The first-order chi connectivity index (χ1) is 10.1. The minimum atomic E-state index is -0.407. The summed E-state index contributed by atoms with van der Waals surface area (Å²) in [6, 6.07) is 5.95. The number of carbonyl (C=O) groups excluding carboxylic acids is 1. The molecule has 21 heavy (non-hydrogen) atoms. The van der Waals surface area contributed by atoms with E-state index in [1.807, 2.05) is 18.2 Å². The van der Waals surface area contributed by atoms with E-state index in [-0.39, 0.29) is 18.6 Å². The second kappa shape index (κ2) is 7.46. The van der Waals surface area contributed by atoms with Gasteiger partial charge in [0.15, 0.2) is 6.61 Å². The molecule has 1 atom stereocenters. The lowest BCUT2D eigenvalue weighted by atomic mass is 9.89. The van der Waals surface area contributed by atoms with Gasteiger partial charge in [-0.2, -0.15) is 0 Å². The molecular formula is C17H25NO3. The fourth-order valence-corrected chi connectivity index (χ4v) is 2.75. The zero-order valence-electron chi connectivity index (χ0n) is 12.9. The number of ether oxygens (including phenoxy) is 1. The van der Waals surface area contributed by atoms with Crippen LogP contribution in [0.2, 0.25) is 0 Å². The number of hydrogen-bond acceptors (Lipinski definition) is 3. The van der Waals surface area contributed by atoms with E-state index in [0.29, 0.717) is 5.75 Å². The monoisotopic (exact) mass is 291 g/mol. The van der Waals surface area contributed by atoms with Crippen LogP contribution in [-0.4, -0.2) is 23.7 Å². The highest BCUT2D eigenvalue weighted by molar-refractivity contribution is 5.77. The molecule has 0 saturated carbocycles. The van der Waals surface area contributed by atoms with Gasteiger partial charge in [-0.15, -0.1) is 0 Å². The Morgan fingerprint density at radius 1 is 1.43 bits per heavy atom. The third kappa shape index (κ3) is 4.21. The van der Waals surface area contributed by atoms with E-state index in [9.17, 15) is 9.90 Å². The van der Waals surface area contributed by atoms with Gasteiger partial charge in [-0.05, 0) is 55.4 Å². The van der Waals surface area contributed by atoms with Crippen LogP contribution in [0.1, 0.15) is 56.8 Å². The van der Waals surface area contributed by atoms with Gasteiger partial charge in [0.25, 0.3) is 5.91 Å². The van der Waals surface area contributed by atoms with Gasteiger partial charge >= 0.3 is 0 Å². The Hall–Kier alpha value is -1.55. The number of hydrogen-bond donors (Lipinski definition) is 2. The van der Waals surface area contributed by atoms with Crippen molar-refractivity contribution in [2.75, 3.05) is 6.61 Å². The summed E-state index contributed by atoms with van der Waals surface area (Å²) in [6.45, 7) is 4.13. The van der Waals surface area contributed by atoms with E-state index in [1.165, 1.54) is 5.56 Å². The molecule has 4 heteroatoms. The molecule has 0 bridgehead atoms. The van der Waals surface area contributed by atoms with Crippen LogP contribution in [0.3, 0.4) is 0 Å². The van der Waals surface area contributed by atoms with Crippen molar-refractivity contribution in [3.05, 3.63) is 29.3 Å². The highest BCUT2D eigenvalue weighted by atomic mass is 16.5. The van der Waals surface area contributed by atoms with Crippen molar-refractivity contribution >= 4 is 5.91 Å². The van der Waals surface area contributed by atoms with Crippen molar-refractivity contribution < 1.29 is 14.6 Å². The lowest BCUT2D eigenvalue weighted by molar-refractivity contribution is -0.123. The van der Waals surface area contributed by atoms with E-state index in [4.69, 9.17) is 4.74 Å². The third-order valence-corrected chi connectivity index (χ3v) is 4.12. The first-order valence-electron chi connectivity index (χ1n) is 7.87. The predicted octanol–water partition coefficient (Wildman–Crippen LogP) is 2.74. The largest absolute Gasteiger partial charge is 0.484 e. The number of benzene rings is 1. The van der Waals surface area contributed by atoms with Gasteiger partial charge in [-0.1, -0.05) is 19.9 Å². The number of rotatable bonds is 6. The molecule has 116 valence electrons. The van der Waals surface area contributed by atoms with Gasteiger partial charge in [-0.25, -0.2) is 0 Å². The van der Waals surface area contributed by atoms with Crippen LogP contribution in [0.25, 0.3) is 0 Å². The van der Waals surface area contributed by atoms with Crippen LogP contribution >= 0.6 is 0 Å². The molecule has 1 aromatic carbocycles. The maximum atomic E-state index is 11.8. The van der Waals surface area contributed by atoms with Gasteiger partial charge in [0, 0.05) is 6.04 Å². The summed E-state index contributed by atoms with van der Waals surface area (Å²) in [5.74, 6) is 0.552. The highest BCUT2D eigenvalue weighted by Gasteiger charge is 2.18. The molecule has 1 aromatic rings. The van der Waals surface area contributed by atoms with E-state index in [2.05, 4.69) is 19.2 Å². The Balaban J connectivity index is 1.92. The number of aliphatic hydroxyl groups excluding tert-OH is 1. The molecule has 1 aliphatic carbocycles. The second-order valence-electron chi connectivity index (χ2n) is 5.64. The first kappa shape index (κ1) is 15.8. The number of nitrogens with one attached hydrogen (secondary N) is 1. The molecule has 1 aliphatic rings. The molecule has 0 saturated heterocycles. The smallest absolute Gasteiger partial charge is 0.258 e. The topological polar surface area (TPSA) is 58.6 Å². The van der Waals surface area contributed by atoms with Gasteiger partial charge in [0.2, 0.25) is 0 Å². The van der Waals surface area contributed by atoms with Crippen LogP contribution in [-0.2, 0) is 11.2 Å². The molecule has 2 rings (SSSR count). The average molecular weight is 291 g/mol. The van der Waals surface area contributed by atoms with Crippen molar-refractivity contribution in [3.63, 3.8) is 0 Å². The summed E-state index contributed by atoms with van der Waals surface area (Å²) in [6.07, 6.45) is 4.26. The average Bonchev–Trinajstić information content (AvgIpc) is 2.51. The minimum absolute atomic E-state index is 0.0192. The third-order valence-electron chi connectivity index (χ3n) is 4.12. The normalized spacial score (nSPS) is 17.4. The molecule has 0 heterocycles. The standard InChI is InChI=1S/C17H25NO3/c1-3-13(4-2)18-17(20)11-21-14-9-8-12-6-5-7-16(19)15(12)10-14/h8-10,13,16,19H,3-7,11H2,1-2H3,(H,18,20). The second-order valence-corrected chi connectivity index (χ2v) is 5.64. The molecule has 0 aliphatic heterocycles. The van der Waals surface area contributed by atoms with E-state index >= 15 is 0 Å². The zero-order chi connectivity index (χ0) is 15.2. The Kier molecular flexibility index (Phi) is 5.62. The molecular weight excluding hydrogens is 266 g/mol. The summed E-state index contributed by atoms with van der Waals surface area (Å²) in [5.41, 5.74) is 2.13. The lowest BCUT2D eigenvalue weighted by Crippen LogP contribution is -2.37. The van der Waals surface area contributed by atoms with Crippen molar-refractivity contribution in [1.29, 1.82) is 0 Å². The molecule has 2 N–H and O–H groups in total. The summed E-state index contributed by atoms with van der Waals surface area (Å²) in [4.78, 5) is 11.8. The maximum absolute atomic E-state index is 11.8. The maximum Gasteiger partial charge on any atom is 0.258 e. The van der Waals surface area contributed by atoms with Gasteiger partial charge in [-0.3, -0.25) is 4.79 Å². The summed E-state index contributed by atoms with van der Waals surface area (Å²) >= 11 is 0. The van der Waals surface area contributed by atoms with Crippen molar-refractivity contribution in [3.8, 4) is 5.75 Å². The minimum Gasteiger partial charge on any atom is -0.484 e. The van der Waals surface area contributed by atoms with E-state index < -0.39 is 6.10 Å². The molecule has 1 amide bonds. The van der Waals surface area contributed by atoms with E-state index in [1.54, 1.807) is 0 Å². The van der Waals surface area contributed by atoms with Crippen LogP contribution in [0, 0.1) is 0 Å². The number of carbonyl (C=O) groups is 1. The fraction of sp³-hybridized carbons (Fsp3) is 0.588. The quantitative estimate of drug-likeness (QED) is 0.847. The van der Waals surface area contributed by atoms with Gasteiger partial charge in [0.05, 0.1) is 6.10 Å². The molecule has 0 spiro atoms. The number of amides is 1. The Morgan fingerprint density at radius 3 is 2.90 bits per heavy atom. The van der Waals surface area contributed by atoms with Gasteiger partial charge in [0.1, 0.15) is 5.75 Å². The van der Waals surface area contributed by atoms with Crippen molar-refractivity contribution in [2.24, 2.45) is 0 Å². The molecule has 1 unspecified atom stereocenters. The molecule has 0 fully saturated rings. The summed E-state index contributed by atoms with van der Waals surface area (Å²) in [7, 11) is 0. The SMILES string of the molecule is CCC(CC)NC(=O)COc1ccc2c(c1)C(O)CCC2. The van der Waals surface area contributed by atoms with Gasteiger partial charge < -0.3 is 15.2 Å². The fourth-order valence-electron chi connectivity index (χ4n) is 2.75. The number of aryl methyl sites for hydroxylation is 1. The Labute approximate surface area is 126 Å². The van der Waals surface area contributed by atoms with Crippen LogP contribution in [0.4, 0.5) is 0 Å². The Bertz CT molecular complexity index is 483. The molecule has 0 aromatic heterocycles.